The van der Waals surface area contributed by atoms with Crippen molar-refractivity contribution in [3.63, 3.8) is 0 Å². The van der Waals surface area contributed by atoms with E-state index in [0.717, 1.165) is 0 Å². The lowest BCUT2D eigenvalue weighted by molar-refractivity contribution is -0.0723. The van der Waals surface area contributed by atoms with E-state index in [1.807, 2.05) is 0 Å². The van der Waals surface area contributed by atoms with E-state index in [-0.39, 0.29) is 5.56 Å². The summed E-state index contributed by atoms with van der Waals surface area (Å²) < 4.78 is 27.7. The molecule has 1 saturated carbocycles. The topological polar surface area (TPSA) is 26.0 Å². The van der Waals surface area contributed by atoms with Crippen molar-refractivity contribution in [3.05, 3.63) is 29.8 Å². The fraction of sp³-hybridized carbons (Fsp3) is 0.455. The van der Waals surface area contributed by atoms with Gasteiger partial charge < -0.3 is 5.73 Å². The first-order valence-electron chi connectivity index (χ1n) is 4.70. The van der Waals surface area contributed by atoms with Crippen LogP contribution in [-0.4, -0.2) is 0 Å². The second-order valence-corrected chi connectivity index (χ2v) is 4.26. The summed E-state index contributed by atoms with van der Waals surface area (Å²) in [5, 5.41) is 0. The minimum absolute atomic E-state index is 0.0394. The van der Waals surface area contributed by atoms with Crippen LogP contribution in [-0.2, 0) is 5.92 Å². The maximum absolute atomic E-state index is 13.8. The first-order valence-corrected chi connectivity index (χ1v) is 4.70. The average Bonchev–Trinajstić information content (AvgIpc) is 2.85. The van der Waals surface area contributed by atoms with Gasteiger partial charge in [-0.15, -0.1) is 0 Å². The Morgan fingerprint density at radius 2 is 2.00 bits per heavy atom. The van der Waals surface area contributed by atoms with E-state index in [1.165, 1.54) is 12.1 Å². The van der Waals surface area contributed by atoms with Crippen molar-refractivity contribution in [2.75, 3.05) is 5.73 Å². The van der Waals surface area contributed by atoms with Gasteiger partial charge in [0, 0.05) is 16.7 Å². The van der Waals surface area contributed by atoms with Crippen LogP contribution < -0.4 is 5.73 Å². The molecule has 14 heavy (non-hydrogen) atoms. The third-order valence-electron chi connectivity index (χ3n) is 3.01. The zero-order chi connectivity index (χ0) is 10.4. The molecule has 1 fully saturated rings. The SMILES string of the molecule is CC1(C(F)(F)c2cccc(N)c2)CC1. The molecule has 1 aliphatic carbocycles. The summed E-state index contributed by atoms with van der Waals surface area (Å²) in [5.41, 5.74) is 5.07. The first-order chi connectivity index (χ1) is 6.46. The van der Waals surface area contributed by atoms with Gasteiger partial charge >= 0.3 is 0 Å². The number of rotatable bonds is 2. The highest BCUT2D eigenvalue weighted by molar-refractivity contribution is 5.43. The van der Waals surface area contributed by atoms with Crippen LogP contribution in [0.3, 0.4) is 0 Å². The molecule has 76 valence electrons. The van der Waals surface area contributed by atoms with Crippen molar-refractivity contribution in [2.45, 2.75) is 25.7 Å². The third-order valence-corrected chi connectivity index (χ3v) is 3.01. The Labute approximate surface area is 81.9 Å². The smallest absolute Gasteiger partial charge is 0.278 e. The average molecular weight is 197 g/mol. The number of anilines is 1. The Bertz CT molecular complexity index is 356. The summed E-state index contributed by atoms with van der Waals surface area (Å²) in [7, 11) is 0. The number of nitrogens with two attached hydrogens (primary N) is 1. The zero-order valence-electron chi connectivity index (χ0n) is 8.06. The number of alkyl halides is 2. The lowest BCUT2D eigenvalue weighted by Gasteiger charge is -2.23. The van der Waals surface area contributed by atoms with Crippen molar-refractivity contribution in [2.24, 2.45) is 5.41 Å². The van der Waals surface area contributed by atoms with E-state index >= 15 is 0 Å². The van der Waals surface area contributed by atoms with E-state index < -0.39 is 11.3 Å². The summed E-state index contributed by atoms with van der Waals surface area (Å²) >= 11 is 0. The van der Waals surface area contributed by atoms with Gasteiger partial charge in [0.2, 0.25) is 0 Å². The minimum atomic E-state index is -2.75. The minimum Gasteiger partial charge on any atom is -0.399 e. The van der Waals surface area contributed by atoms with Crippen LogP contribution in [0.4, 0.5) is 14.5 Å². The van der Waals surface area contributed by atoms with E-state index in [2.05, 4.69) is 0 Å². The molecule has 0 bridgehead atoms. The van der Waals surface area contributed by atoms with Crippen LogP contribution in [0.15, 0.2) is 24.3 Å². The Morgan fingerprint density at radius 1 is 1.36 bits per heavy atom. The van der Waals surface area contributed by atoms with Gasteiger partial charge in [0.05, 0.1) is 0 Å². The van der Waals surface area contributed by atoms with E-state index in [0.29, 0.717) is 18.5 Å². The summed E-state index contributed by atoms with van der Waals surface area (Å²) in [6.45, 7) is 1.62. The molecule has 0 radical (unpaired) electrons. The molecular formula is C11H13F2N. The molecule has 0 aliphatic heterocycles. The Morgan fingerprint density at radius 3 is 2.50 bits per heavy atom. The van der Waals surface area contributed by atoms with Crippen LogP contribution in [0.1, 0.15) is 25.3 Å². The maximum Gasteiger partial charge on any atom is 0.278 e. The van der Waals surface area contributed by atoms with Crippen LogP contribution in [0.5, 0.6) is 0 Å². The van der Waals surface area contributed by atoms with Crippen molar-refractivity contribution in [3.8, 4) is 0 Å². The Kier molecular flexibility index (Phi) is 1.81. The van der Waals surface area contributed by atoms with Crippen LogP contribution in [0.25, 0.3) is 0 Å². The van der Waals surface area contributed by atoms with Crippen molar-refractivity contribution in [1.29, 1.82) is 0 Å². The maximum atomic E-state index is 13.8. The van der Waals surface area contributed by atoms with Crippen LogP contribution in [0, 0.1) is 5.41 Å². The van der Waals surface area contributed by atoms with Crippen molar-refractivity contribution in [1.82, 2.24) is 0 Å². The Hall–Kier alpha value is -1.12. The summed E-state index contributed by atoms with van der Waals surface area (Å²) in [6.07, 6.45) is 1.18. The second-order valence-electron chi connectivity index (χ2n) is 4.26. The lowest BCUT2D eigenvalue weighted by Crippen LogP contribution is -2.24. The predicted molar refractivity (Wildman–Crippen MR) is 52.1 cm³/mol. The molecule has 0 saturated heterocycles. The lowest BCUT2D eigenvalue weighted by atomic mass is 9.93. The predicted octanol–water partition coefficient (Wildman–Crippen LogP) is 3.16. The van der Waals surface area contributed by atoms with E-state index in [9.17, 15) is 8.78 Å². The largest absolute Gasteiger partial charge is 0.399 e. The zero-order valence-corrected chi connectivity index (χ0v) is 8.06. The van der Waals surface area contributed by atoms with Gasteiger partial charge in [0.1, 0.15) is 0 Å². The highest BCUT2D eigenvalue weighted by Crippen LogP contribution is 2.60. The number of halogens is 2. The van der Waals surface area contributed by atoms with Gasteiger partial charge in [-0.2, -0.15) is 0 Å². The van der Waals surface area contributed by atoms with Gasteiger partial charge in [0.15, 0.2) is 0 Å². The van der Waals surface area contributed by atoms with Gasteiger partial charge in [-0.1, -0.05) is 19.1 Å². The molecule has 1 aromatic rings. The van der Waals surface area contributed by atoms with Crippen molar-refractivity contribution >= 4 is 5.69 Å². The summed E-state index contributed by atoms with van der Waals surface area (Å²) in [6, 6.07) is 6.00. The molecule has 0 aromatic heterocycles. The van der Waals surface area contributed by atoms with Gasteiger partial charge in [-0.25, -0.2) is 8.78 Å². The molecule has 2 N–H and O–H groups in total. The second kappa shape index (κ2) is 2.69. The molecule has 0 amide bonds. The molecule has 0 spiro atoms. The number of hydrogen-bond acceptors (Lipinski definition) is 1. The molecule has 2 rings (SSSR count). The fourth-order valence-electron chi connectivity index (χ4n) is 1.58. The van der Waals surface area contributed by atoms with E-state index in [4.69, 9.17) is 5.73 Å². The molecule has 0 heterocycles. The van der Waals surface area contributed by atoms with Crippen molar-refractivity contribution < 1.29 is 8.78 Å². The van der Waals surface area contributed by atoms with Crippen LogP contribution >= 0.6 is 0 Å². The molecule has 1 nitrogen and oxygen atoms in total. The molecular weight excluding hydrogens is 184 g/mol. The summed E-state index contributed by atoms with van der Waals surface area (Å²) in [4.78, 5) is 0. The quantitative estimate of drug-likeness (QED) is 0.724. The van der Waals surface area contributed by atoms with E-state index in [1.54, 1.807) is 19.1 Å². The molecule has 1 aromatic carbocycles. The van der Waals surface area contributed by atoms with Crippen LogP contribution in [0.2, 0.25) is 0 Å². The molecule has 0 atom stereocenters. The van der Waals surface area contributed by atoms with Gasteiger partial charge in [-0.05, 0) is 25.0 Å². The van der Waals surface area contributed by atoms with Gasteiger partial charge in [0.25, 0.3) is 5.92 Å². The monoisotopic (exact) mass is 197 g/mol. The number of benzene rings is 1. The number of nitrogen functional groups attached to an aromatic ring is 1. The molecule has 0 unspecified atom stereocenters. The first kappa shape index (κ1) is 9.44. The highest BCUT2D eigenvalue weighted by atomic mass is 19.3. The molecule has 3 heteroatoms. The van der Waals surface area contributed by atoms with Gasteiger partial charge in [-0.3, -0.25) is 0 Å². The standard InChI is InChI=1S/C11H13F2N/c1-10(5-6-10)11(12,13)8-3-2-4-9(14)7-8/h2-4,7H,5-6,14H2,1H3. The summed E-state index contributed by atoms with van der Waals surface area (Å²) in [5.74, 6) is -2.75. The third kappa shape index (κ3) is 1.27. The highest BCUT2D eigenvalue weighted by Gasteiger charge is 2.58. The fourth-order valence-corrected chi connectivity index (χ4v) is 1.58. The molecule has 1 aliphatic rings. The Balaban J connectivity index is 2.38. The number of hydrogen-bond donors (Lipinski definition) is 1. The normalized spacial score (nSPS) is 19.4.